The van der Waals surface area contributed by atoms with Crippen LogP contribution in [0.2, 0.25) is 0 Å². The van der Waals surface area contributed by atoms with Crippen molar-refractivity contribution in [1.82, 2.24) is 0 Å². The van der Waals surface area contributed by atoms with Gasteiger partial charge in [0.05, 0.1) is 12.7 Å². The summed E-state index contributed by atoms with van der Waals surface area (Å²) >= 11 is 0. The number of ether oxygens (including phenoxy) is 1. The summed E-state index contributed by atoms with van der Waals surface area (Å²) < 4.78 is 56.9. The van der Waals surface area contributed by atoms with E-state index in [2.05, 4.69) is 5.32 Å². The average molecular weight is 444 g/mol. The summed E-state index contributed by atoms with van der Waals surface area (Å²) in [5.41, 5.74) is 0.604. The highest BCUT2D eigenvalue weighted by molar-refractivity contribution is 6.02. The summed E-state index contributed by atoms with van der Waals surface area (Å²) in [6, 6.07) is 16.2. The zero-order valence-electron chi connectivity index (χ0n) is 17.1. The molecule has 0 aromatic heterocycles. The van der Waals surface area contributed by atoms with E-state index in [1.165, 1.54) is 41.3 Å². The summed E-state index contributed by atoms with van der Waals surface area (Å²) in [5.74, 6) is 0.202. The third-order valence-electron chi connectivity index (χ3n) is 4.57. The Morgan fingerprint density at radius 1 is 1.00 bits per heavy atom. The Morgan fingerprint density at radius 3 is 2.28 bits per heavy atom. The van der Waals surface area contributed by atoms with E-state index in [0.29, 0.717) is 11.4 Å². The molecule has 0 fully saturated rings. The molecule has 166 valence electrons. The standard InChI is InChI=1S/C24H20F4N2O2/c1-32-22-7-3-2-5-17(22)6-4-16-30(21-14-10-19(25)11-15-21)23(31)29-20-12-8-18(9-13-20)24(26,27)28/h2-15H,16H2,1H3,(H,29,31)/b6-4+. The van der Waals surface area contributed by atoms with Gasteiger partial charge in [0, 0.05) is 23.5 Å². The van der Waals surface area contributed by atoms with Gasteiger partial charge in [0.2, 0.25) is 0 Å². The molecule has 4 nitrogen and oxygen atoms in total. The minimum absolute atomic E-state index is 0.121. The summed E-state index contributed by atoms with van der Waals surface area (Å²) in [4.78, 5) is 14.2. The number of methoxy groups -OCH3 is 1. The van der Waals surface area contributed by atoms with E-state index in [0.717, 1.165) is 17.7 Å². The van der Waals surface area contributed by atoms with Gasteiger partial charge in [0.25, 0.3) is 0 Å². The van der Waals surface area contributed by atoms with Gasteiger partial charge in [-0.25, -0.2) is 9.18 Å². The lowest BCUT2D eigenvalue weighted by atomic mass is 10.2. The molecule has 1 N–H and O–H groups in total. The molecule has 0 aliphatic heterocycles. The molecule has 0 heterocycles. The molecule has 0 aliphatic rings. The van der Waals surface area contributed by atoms with Crippen molar-refractivity contribution >= 4 is 23.5 Å². The number of para-hydroxylation sites is 1. The third-order valence-corrected chi connectivity index (χ3v) is 4.57. The largest absolute Gasteiger partial charge is 0.496 e. The Balaban J connectivity index is 1.80. The summed E-state index contributed by atoms with van der Waals surface area (Å²) in [6.07, 6.45) is -0.958. The molecule has 32 heavy (non-hydrogen) atoms. The van der Waals surface area contributed by atoms with E-state index in [1.807, 2.05) is 18.2 Å². The van der Waals surface area contributed by atoms with Crippen molar-refractivity contribution in [2.75, 3.05) is 23.9 Å². The fraction of sp³-hybridized carbons (Fsp3) is 0.125. The highest BCUT2D eigenvalue weighted by Gasteiger charge is 2.30. The van der Waals surface area contributed by atoms with Crippen LogP contribution in [0.3, 0.4) is 0 Å². The number of nitrogens with zero attached hydrogens (tertiary/aromatic N) is 1. The van der Waals surface area contributed by atoms with Gasteiger partial charge in [0.1, 0.15) is 11.6 Å². The van der Waals surface area contributed by atoms with Crippen LogP contribution in [0.1, 0.15) is 11.1 Å². The minimum atomic E-state index is -4.47. The maximum atomic E-state index is 13.4. The van der Waals surface area contributed by atoms with Gasteiger partial charge >= 0.3 is 12.2 Å². The van der Waals surface area contributed by atoms with E-state index in [4.69, 9.17) is 4.74 Å². The number of nitrogens with one attached hydrogen (secondary N) is 1. The molecule has 3 aromatic rings. The molecule has 0 radical (unpaired) electrons. The number of amides is 2. The number of alkyl halides is 3. The van der Waals surface area contributed by atoms with Crippen molar-refractivity contribution in [2.45, 2.75) is 6.18 Å². The lowest BCUT2D eigenvalue weighted by Gasteiger charge is -2.22. The average Bonchev–Trinajstić information content (AvgIpc) is 2.77. The molecule has 2 amide bonds. The van der Waals surface area contributed by atoms with Crippen LogP contribution in [-0.4, -0.2) is 19.7 Å². The number of carbonyl (C=O) groups excluding carboxylic acids is 1. The SMILES string of the molecule is COc1ccccc1/C=C/CN(C(=O)Nc1ccc(C(F)(F)F)cc1)c1ccc(F)cc1. The van der Waals surface area contributed by atoms with Gasteiger partial charge in [-0.05, 0) is 54.6 Å². The Hall–Kier alpha value is -3.81. The third kappa shape index (κ3) is 5.87. The van der Waals surface area contributed by atoms with Gasteiger partial charge in [0.15, 0.2) is 0 Å². The Bertz CT molecular complexity index is 1080. The zero-order chi connectivity index (χ0) is 23.1. The second kappa shape index (κ2) is 10.00. The predicted molar refractivity (Wildman–Crippen MR) is 116 cm³/mol. The molecular weight excluding hydrogens is 424 g/mol. The summed E-state index contributed by atoms with van der Waals surface area (Å²) in [6.45, 7) is 0.121. The van der Waals surface area contributed by atoms with Crippen LogP contribution in [0, 0.1) is 5.82 Å². The van der Waals surface area contributed by atoms with Crippen molar-refractivity contribution in [3.63, 3.8) is 0 Å². The number of benzene rings is 3. The van der Waals surface area contributed by atoms with Crippen molar-refractivity contribution in [2.24, 2.45) is 0 Å². The molecule has 3 rings (SSSR count). The van der Waals surface area contributed by atoms with Crippen LogP contribution >= 0.6 is 0 Å². The molecule has 3 aromatic carbocycles. The highest BCUT2D eigenvalue weighted by atomic mass is 19.4. The van der Waals surface area contributed by atoms with Crippen molar-refractivity contribution in [1.29, 1.82) is 0 Å². The van der Waals surface area contributed by atoms with Gasteiger partial charge in [-0.2, -0.15) is 13.2 Å². The van der Waals surface area contributed by atoms with E-state index in [-0.39, 0.29) is 12.2 Å². The number of carbonyl (C=O) groups is 1. The van der Waals surface area contributed by atoms with Gasteiger partial charge in [-0.1, -0.05) is 30.4 Å². The molecule has 0 saturated heterocycles. The molecule has 0 atom stereocenters. The fourth-order valence-corrected chi connectivity index (χ4v) is 2.95. The predicted octanol–water partition coefficient (Wildman–Crippen LogP) is 6.61. The number of halogens is 4. The maximum absolute atomic E-state index is 13.4. The van der Waals surface area contributed by atoms with E-state index in [9.17, 15) is 22.4 Å². The van der Waals surface area contributed by atoms with Gasteiger partial charge in [-0.15, -0.1) is 0 Å². The van der Waals surface area contributed by atoms with Crippen LogP contribution in [0.4, 0.5) is 33.7 Å². The molecule has 8 heteroatoms. The first-order chi connectivity index (χ1) is 15.3. The van der Waals surface area contributed by atoms with E-state index in [1.54, 1.807) is 25.3 Å². The van der Waals surface area contributed by atoms with Crippen molar-refractivity contribution in [3.05, 3.63) is 95.8 Å². The normalized spacial score (nSPS) is 11.4. The molecule has 0 spiro atoms. The number of urea groups is 1. The lowest BCUT2D eigenvalue weighted by Crippen LogP contribution is -2.35. The topological polar surface area (TPSA) is 41.6 Å². The number of anilines is 2. The molecule has 0 saturated carbocycles. The molecule has 0 unspecified atom stereocenters. The molecule has 0 bridgehead atoms. The highest BCUT2D eigenvalue weighted by Crippen LogP contribution is 2.30. The first-order valence-electron chi connectivity index (χ1n) is 9.59. The fourth-order valence-electron chi connectivity index (χ4n) is 2.95. The molecular formula is C24H20F4N2O2. The van der Waals surface area contributed by atoms with Gasteiger partial charge < -0.3 is 10.1 Å². The smallest absolute Gasteiger partial charge is 0.416 e. The number of hydrogen-bond acceptors (Lipinski definition) is 2. The second-order valence-corrected chi connectivity index (χ2v) is 6.74. The quantitative estimate of drug-likeness (QED) is 0.435. The van der Waals surface area contributed by atoms with Crippen LogP contribution in [0.5, 0.6) is 5.75 Å². The first kappa shape index (κ1) is 22.9. The van der Waals surface area contributed by atoms with Gasteiger partial charge in [-0.3, -0.25) is 4.90 Å². The molecule has 0 aliphatic carbocycles. The summed E-state index contributed by atoms with van der Waals surface area (Å²) in [5, 5.41) is 2.57. The van der Waals surface area contributed by atoms with Crippen LogP contribution in [0.25, 0.3) is 6.08 Å². The lowest BCUT2D eigenvalue weighted by molar-refractivity contribution is -0.137. The van der Waals surface area contributed by atoms with E-state index < -0.39 is 23.6 Å². The Morgan fingerprint density at radius 2 is 1.66 bits per heavy atom. The Kier molecular flexibility index (Phi) is 7.14. The summed E-state index contributed by atoms with van der Waals surface area (Å²) in [7, 11) is 1.55. The second-order valence-electron chi connectivity index (χ2n) is 6.74. The zero-order valence-corrected chi connectivity index (χ0v) is 17.1. The van der Waals surface area contributed by atoms with Crippen LogP contribution in [0.15, 0.2) is 78.9 Å². The van der Waals surface area contributed by atoms with Crippen molar-refractivity contribution in [3.8, 4) is 5.75 Å². The minimum Gasteiger partial charge on any atom is -0.496 e. The maximum Gasteiger partial charge on any atom is 0.416 e. The Labute approximate surface area is 182 Å². The van der Waals surface area contributed by atoms with Crippen LogP contribution < -0.4 is 15.0 Å². The first-order valence-corrected chi connectivity index (χ1v) is 9.59. The monoisotopic (exact) mass is 444 g/mol. The number of hydrogen-bond donors (Lipinski definition) is 1. The van der Waals surface area contributed by atoms with Crippen LogP contribution in [-0.2, 0) is 6.18 Å². The number of rotatable bonds is 6. The van der Waals surface area contributed by atoms with Crippen molar-refractivity contribution < 1.29 is 27.1 Å². The van der Waals surface area contributed by atoms with E-state index >= 15 is 0 Å².